The molecule has 1 N–H and O–H groups in total. The van der Waals surface area contributed by atoms with Gasteiger partial charge < -0.3 is 5.11 Å². The van der Waals surface area contributed by atoms with Crippen LogP contribution in [0.5, 0.6) is 0 Å². The Morgan fingerprint density at radius 1 is 1.36 bits per heavy atom. The van der Waals surface area contributed by atoms with Gasteiger partial charge in [0.25, 0.3) is 0 Å². The molecule has 0 spiro atoms. The maximum atomic E-state index is 10.8. The van der Waals surface area contributed by atoms with Gasteiger partial charge in [0.15, 0.2) is 0 Å². The number of rotatable bonds is 5. The Balaban J connectivity index is 3.73. The maximum Gasteiger partial charge on any atom is 0.147 e. The van der Waals surface area contributed by atoms with E-state index in [-0.39, 0.29) is 10.5 Å². The predicted molar refractivity (Wildman–Crippen MR) is 62.5 cm³/mol. The van der Waals surface area contributed by atoms with Crippen LogP contribution >= 0.6 is 11.8 Å². The molecule has 0 aromatic heterocycles. The van der Waals surface area contributed by atoms with Crippen LogP contribution in [0.4, 0.5) is 0 Å². The molecule has 0 bridgehead atoms. The second-order valence-corrected chi connectivity index (χ2v) is 8.60. The van der Waals surface area contributed by atoms with Crippen molar-refractivity contribution in [1.29, 1.82) is 0 Å². The molecule has 0 amide bonds. The van der Waals surface area contributed by atoms with E-state index in [1.54, 1.807) is 11.8 Å². The van der Waals surface area contributed by atoms with Gasteiger partial charge in [-0.3, -0.25) is 0 Å². The second-order valence-electron chi connectivity index (χ2n) is 4.50. The largest absolute Gasteiger partial charge is 0.392 e. The van der Waals surface area contributed by atoms with Gasteiger partial charge in [-0.25, -0.2) is 8.42 Å². The summed E-state index contributed by atoms with van der Waals surface area (Å²) in [4.78, 5) is 0. The van der Waals surface area contributed by atoms with Gasteiger partial charge in [-0.05, 0) is 6.42 Å². The zero-order valence-corrected chi connectivity index (χ0v) is 10.9. The number of hydrogen-bond acceptors (Lipinski definition) is 4. The van der Waals surface area contributed by atoms with E-state index in [1.165, 1.54) is 6.26 Å². The lowest BCUT2D eigenvalue weighted by Gasteiger charge is -2.19. The van der Waals surface area contributed by atoms with E-state index in [2.05, 4.69) is 20.8 Å². The first-order chi connectivity index (χ1) is 6.10. The molecule has 14 heavy (non-hydrogen) atoms. The first-order valence-electron chi connectivity index (χ1n) is 4.60. The van der Waals surface area contributed by atoms with Crippen LogP contribution in [0.3, 0.4) is 0 Å². The fraction of sp³-hybridized carbons (Fsp3) is 1.00. The Morgan fingerprint density at radius 2 is 1.86 bits per heavy atom. The number of aliphatic hydroxyl groups excluding tert-OH is 1. The number of aliphatic hydroxyl groups is 1. The highest BCUT2D eigenvalue weighted by Crippen LogP contribution is 2.24. The lowest BCUT2D eigenvalue weighted by molar-refractivity contribution is 0.196. The molecule has 0 saturated heterocycles. The smallest absolute Gasteiger partial charge is 0.147 e. The molecule has 5 heteroatoms. The Labute approximate surface area is 91.2 Å². The quantitative estimate of drug-likeness (QED) is 0.787. The van der Waals surface area contributed by atoms with Gasteiger partial charge in [-0.1, -0.05) is 20.8 Å². The van der Waals surface area contributed by atoms with Crippen LogP contribution in [0.1, 0.15) is 27.2 Å². The molecule has 0 fully saturated rings. The van der Waals surface area contributed by atoms with Crippen molar-refractivity contribution >= 4 is 21.6 Å². The van der Waals surface area contributed by atoms with Crippen LogP contribution in [0.25, 0.3) is 0 Å². The predicted octanol–water partition coefficient (Wildman–Crippen LogP) is 1.31. The van der Waals surface area contributed by atoms with Gasteiger partial charge in [0.05, 0.1) is 11.9 Å². The Kier molecular flexibility index (Phi) is 5.47. The summed E-state index contributed by atoms with van der Waals surface area (Å²) in [6, 6.07) is 0. The molecule has 1 unspecified atom stereocenters. The van der Waals surface area contributed by atoms with Crippen LogP contribution < -0.4 is 0 Å². The minimum absolute atomic E-state index is 0.0683. The molecule has 0 heterocycles. The minimum atomic E-state index is -2.94. The normalized spacial score (nSPS) is 15.5. The standard InChI is InChI=1S/C9H20O3S2/c1-9(2,3)13-7-8(10)5-6-14(4,11)12/h8,10H,5-7H2,1-4H3. The molecule has 0 aliphatic carbocycles. The van der Waals surface area contributed by atoms with E-state index in [4.69, 9.17) is 0 Å². The molecule has 0 radical (unpaired) electrons. The van der Waals surface area contributed by atoms with Crippen LogP contribution in [0, 0.1) is 0 Å². The van der Waals surface area contributed by atoms with Crippen molar-refractivity contribution in [2.45, 2.75) is 38.0 Å². The molecular weight excluding hydrogens is 220 g/mol. The second kappa shape index (κ2) is 5.37. The molecule has 0 rings (SSSR count). The summed E-state index contributed by atoms with van der Waals surface area (Å²) in [5.41, 5.74) is 0. The van der Waals surface area contributed by atoms with E-state index in [0.717, 1.165) is 0 Å². The number of hydrogen-bond donors (Lipinski definition) is 1. The van der Waals surface area contributed by atoms with Crippen molar-refractivity contribution in [1.82, 2.24) is 0 Å². The van der Waals surface area contributed by atoms with Crippen LogP contribution in [0.15, 0.2) is 0 Å². The van der Waals surface area contributed by atoms with E-state index >= 15 is 0 Å². The highest BCUT2D eigenvalue weighted by atomic mass is 32.2. The Bertz CT molecular complexity index is 252. The van der Waals surface area contributed by atoms with Crippen molar-refractivity contribution in [3.05, 3.63) is 0 Å². The third-order valence-corrected chi connectivity index (χ3v) is 3.93. The Morgan fingerprint density at radius 3 is 2.21 bits per heavy atom. The van der Waals surface area contributed by atoms with Gasteiger partial charge >= 0.3 is 0 Å². The molecule has 1 atom stereocenters. The summed E-state index contributed by atoms with van der Waals surface area (Å²) in [6.45, 7) is 6.21. The Hall–Kier alpha value is 0.260. The zero-order chi connectivity index (χ0) is 11.4. The third kappa shape index (κ3) is 10.3. The maximum absolute atomic E-state index is 10.8. The van der Waals surface area contributed by atoms with Gasteiger partial charge in [-0.15, -0.1) is 0 Å². The SMILES string of the molecule is CC(C)(C)SCC(O)CCS(C)(=O)=O. The highest BCUT2D eigenvalue weighted by molar-refractivity contribution is 8.00. The monoisotopic (exact) mass is 240 g/mol. The van der Waals surface area contributed by atoms with Crippen LogP contribution in [0.2, 0.25) is 0 Å². The molecule has 0 saturated carbocycles. The first kappa shape index (κ1) is 14.3. The van der Waals surface area contributed by atoms with E-state index in [9.17, 15) is 13.5 Å². The summed E-state index contributed by atoms with van der Waals surface area (Å²) in [7, 11) is -2.94. The van der Waals surface area contributed by atoms with Crippen molar-refractivity contribution in [2.24, 2.45) is 0 Å². The van der Waals surface area contributed by atoms with Gasteiger partial charge in [0.1, 0.15) is 9.84 Å². The van der Waals surface area contributed by atoms with Gasteiger partial charge in [0.2, 0.25) is 0 Å². The molecule has 0 aliphatic rings. The summed E-state index contributed by atoms with van der Waals surface area (Å²) in [5, 5.41) is 9.49. The zero-order valence-electron chi connectivity index (χ0n) is 9.28. The van der Waals surface area contributed by atoms with Crippen molar-refractivity contribution in [3.8, 4) is 0 Å². The first-order valence-corrected chi connectivity index (χ1v) is 7.64. The lowest BCUT2D eigenvalue weighted by atomic mass is 10.3. The topological polar surface area (TPSA) is 54.4 Å². The van der Waals surface area contributed by atoms with Crippen molar-refractivity contribution in [3.63, 3.8) is 0 Å². The highest BCUT2D eigenvalue weighted by Gasteiger charge is 2.15. The van der Waals surface area contributed by atoms with Crippen LogP contribution in [-0.4, -0.2) is 42.1 Å². The van der Waals surface area contributed by atoms with E-state index < -0.39 is 15.9 Å². The van der Waals surface area contributed by atoms with Gasteiger partial charge in [-0.2, -0.15) is 11.8 Å². The summed E-state index contributed by atoms with van der Waals surface area (Å²) in [5.74, 6) is 0.665. The average Bonchev–Trinajstić information content (AvgIpc) is 1.94. The van der Waals surface area contributed by atoms with E-state index in [0.29, 0.717) is 12.2 Å². The third-order valence-electron chi connectivity index (χ3n) is 1.53. The van der Waals surface area contributed by atoms with Crippen molar-refractivity contribution in [2.75, 3.05) is 17.8 Å². The molecule has 0 aromatic rings. The van der Waals surface area contributed by atoms with E-state index in [1.807, 2.05) is 0 Å². The number of thioether (sulfide) groups is 1. The molecule has 0 aromatic carbocycles. The molecule has 86 valence electrons. The van der Waals surface area contributed by atoms with Gasteiger partial charge in [0, 0.05) is 16.8 Å². The van der Waals surface area contributed by atoms with Crippen LogP contribution in [-0.2, 0) is 9.84 Å². The number of sulfone groups is 1. The summed E-state index contributed by atoms with van der Waals surface area (Å²) in [6.07, 6.45) is 1.01. The summed E-state index contributed by atoms with van der Waals surface area (Å²) < 4.78 is 21.8. The fourth-order valence-corrected chi connectivity index (χ4v) is 2.34. The molecular formula is C9H20O3S2. The lowest BCUT2D eigenvalue weighted by Crippen LogP contribution is -2.19. The molecule has 0 aliphatic heterocycles. The summed E-state index contributed by atoms with van der Waals surface area (Å²) >= 11 is 1.65. The average molecular weight is 240 g/mol. The molecule has 3 nitrogen and oxygen atoms in total. The minimum Gasteiger partial charge on any atom is -0.392 e. The fourth-order valence-electron chi connectivity index (χ4n) is 0.780. The van der Waals surface area contributed by atoms with Crippen molar-refractivity contribution < 1.29 is 13.5 Å².